The van der Waals surface area contributed by atoms with Gasteiger partial charge >= 0.3 is 5.97 Å². The predicted molar refractivity (Wildman–Crippen MR) is 198 cm³/mol. The van der Waals surface area contributed by atoms with Crippen LogP contribution in [0.3, 0.4) is 0 Å². The Bertz CT molecular complexity index is 1120. The van der Waals surface area contributed by atoms with Gasteiger partial charge in [-0.2, -0.15) is 0 Å². The fourth-order valence-corrected chi connectivity index (χ4v) is 8.02. The monoisotopic (exact) mass is 709 g/mol. The molecule has 50 heavy (non-hydrogen) atoms. The molecule has 2 saturated heterocycles. The minimum Gasteiger partial charge on any atom is -0.512 e. The summed E-state index contributed by atoms with van der Waals surface area (Å²) in [6.07, 6.45) is 10.8. The van der Waals surface area contributed by atoms with Crippen LogP contribution in [0, 0.1) is 41.4 Å². The fraction of sp³-hybridized carbons (Fsp3) is 0.854. The van der Waals surface area contributed by atoms with Crippen LogP contribution in [0.2, 0.25) is 0 Å². The van der Waals surface area contributed by atoms with Crippen LogP contribution in [0.5, 0.6) is 0 Å². The van der Waals surface area contributed by atoms with Gasteiger partial charge in [-0.15, -0.1) is 0 Å². The lowest BCUT2D eigenvalue weighted by Crippen LogP contribution is -2.44. The third-order valence-electron chi connectivity index (χ3n) is 11.9. The lowest BCUT2D eigenvalue weighted by Gasteiger charge is -2.35. The summed E-state index contributed by atoms with van der Waals surface area (Å²) in [7, 11) is 0. The molecular formula is C41H72O9. The smallest absolute Gasteiger partial charge is 0.303 e. The summed E-state index contributed by atoms with van der Waals surface area (Å²) >= 11 is 0. The Labute approximate surface area is 302 Å². The van der Waals surface area contributed by atoms with E-state index in [1.807, 2.05) is 40.7 Å². The van der Waals surface area contributed by atoms with Gasteiger partial charge in [-0.3, -0.25) is 9.59 Å². The SMILES string of the molecule is C[C@H](CCC(=O)O)C[C@H](C)C[C@H](C)C(=O)/C=C(\O)[C@H](C)C[C@H](C)C/C=C/[C@H](C)[C@H](O)[C@@H](C)[C@H](O)C[C@H]1CC[C@](C)([C@@H]2CC[C@](C)([C@H](C)O)O2)O1. The lowest BCUT2D eigenvalue weighted by atomic mass is 9.85. The molecule has 0 amide bonds. The summed E-state index contributed by atoms with van der Waals surface area (Å²) < 4.78 is 12.7. The van der Waals surface area contributed by atoms with Gasteiger partial charge in [-0.05, 0) is 103 Å². The van der Waals surface area contributed by atoms with E-state index in [2.05, 4.69) is 33.8 Å². The molecule has 0 aromatic rings. The van der Waals surface area contributed by atoms with Crippen molar-refractivity contribution in [3.8, 4) is 0 Å². The molecule has 2 rings (SSSR count). The highest BCUT2D eigenvalue weighted by Gasteiger charge is 2.51. The number of carboxylic acid groups (broad SMARTS) is 1. The van der Waals surface area contributed by atoms with E-state index in [1.54, 1.807) is 6.92 Å². The van der Waals surface area contributed by atoms with E-state index >= 15 is 0 Å². The number of carbonyl (C=O) groups is 2. The molecule has 2 aliphatic heterocycles. The number of hydrogen-bond donors (Lipinski definition) is 5. The Morgan fingerprint density at radius 2 is 1.46 bits per heavy atom. The van der Waals surface area contributed by atoms with Crippen LogP contribution in [-0.4, -0.2) is 79.0 Å². The topological polar surface area (TPSA) is 154 Å². The van der Waals surface area contributed by atoms with Crippen LogP contribution in [0.15, 0.2) is 24.0 Å². The second kappa shape index (κ2) is 19.9. The van der Waals surface area contributed by atoms with Gasteiger partial charge in [0.15, 0.2) is 5.78 Å². The molecule has 0 saturated carbocycles. The highest BCUT2D eigenvalue weighted by atomic mass is 16.6. The zero-order valence-corrected chi connectivity index (χ0v) is 32.8. The number of aliphatic carboxylic acids is 1. The number of ether oxygens (including phenoxy) is 2. The summed E-state index contributed by atoms with van der Waals surface area (Å²) in [5, 5.41) is 51.9. The largest absolute Gasteiger partial charge is 0.512 e. The molecule has 0 spiro atoms. The molecule has 14 atom stereocenters. The quantitative estimate of drug-likeness (QED) is 0.0431. The summed E-state index contributed by atoms with van der Waals surface area (Å²) in [6.45, 7) is 19.7. The molecule has 2 fully saturated rings. The number of aliphatic hydroxyl groups excluding tert-OH is 4. The lowest BCUT2D eigenvalue weighted by molar-refractivity contribution is -0.172. The van der Waals surface area contributed by atoms with Gasteiger partial charge in [-0.25, -0.2) is 0 Å². The molecule has 2 aliphatic rings. The Kier molecular flexibility index (Phi) is 17.7. The summed E-state index contributed by atoms with van der Waals surface area (Å²) in [6, 6.07) is 0. The highest BCUT2D eigenvalue weighted by Crippen LogP contribution is 2.45. The molecule has 2 heterocycles. The van der Waals surface area contributed by atoms with E-state index in [1.165, 1.54) is 6.08 Å². The van der Waals surface area contributed by atoms with E-state index in [4.69, 9.17) is 14.6 Å². The molecule has 290 valence electrons. The minimum atomic E-state index is -0.781. The average Bonchev–Trinajstić information content (AvgIpc) is 3.63. The van der Waals surface area contributed by atoms with Crippen molar-refractivity contribution >= 4 is 11.8 Å². The van der Waals surface area contributed by atoms with Gasteiger partial charge in [-0.1, -0.05) is 60.6 Å². The zero-order valence-electron chi connectivity index (χ0n) is 32.8. The van der Waals surface area contributed by atoms with E-state index in [0.29, 0.717) is 25.7 Å². The Hall–Kier alpha value is -1.78. The average molecular weight is 709 g/mol. The molecule has 9 heteroatoms. The first-order valence-electron chi connectivity index (χ1n) is 19.4. The second-order valence-electron chi connectivity index (χ2n) is 17.1. The van der Waals surface area contributed by atoms with Crippen molar-refractivity contribution in [2.75, 3.05) is 0 Å². The van der Waals surface area contributed by atoms with Crippen molar-refractivity contribution in [2.24, 2.45) is 41.4 Å². The van der Waals surface area contributed by atoms with Crippen LogP contribution in [0.25, 0.3) is 0 Å². The van der Waals surface area contributed by atoms with Crippen molar-refractivity contribution in [3.63, 3.8) is 0 Å². The standard InChI is InChI=1S/C41H72O9/c1-25(21-29(5)34(43)24-35(44)30(6)22-27(3)20-26(2)14-15-38(46)47)12-11-13-28(4)39(48)31(7)36(45)23-33-16-18-41(10,49-33)37-17-19-40(9,50-37)32(8)42/h11,13,24-33,36-37,39,42-43,45,48H,12,14-23H2,1-10H3,(H,46,47)/b13-11+,34-24-/t25-,26-,27+,28+,29-,30+,31+,32+,33-,36-,37+,39+,40-,41-/m1/s1. The van der Waals surface area contributed by atoms with Crippen LogP contribution < -0.4 is 0 Å². The van der Waals surface area contributed by atoms with Crippen molar-refractivity contribution in [1.82, 2.24) is 0 Å². The molecule has 0 radical (unpaired) electrons. The van der Waals surface area contributed by atoms with Gasteiger partial charge in [0.2, 0.25) is 0 Å². The Balaban J connectivity index is 1.77. The van der Waals surface area contributed by atoms with Gasteiger partial charge in [0.1, 0.15) is 0 Å². The Morgan fingerprint density at radius 1 is 0.820 bits per heavy atom. The summed E-state index contributed by atoms with van der Waals surface area (Å²) in [5.41, 5.74) is -1.01. The number of hydrogen-bond acceptors (Lipinski definition) is 8. The second-order valence-corrected chi connectivity index (χ2v) is 17.1. The zero-order chi connectivity index (χ0) is 38.0. The first-order valence-corrected chi connectivity index (χ1v) is 19.4. The van der Waals surface area contributed by atoms with Crippen LogP contribution >= 0.6 is 0 Å². The van der Waals surface area contributed by atoms with Gasteiger partial charge in [0.25, 0.3) is 0 Å². The normalized spacial score (nSPS) is 30.7. The molecule has 0 aliphatic carbocycles. The number of carboxylic acids is 1. The van der Waals surface area contributed by atoms with E-state index in [0.717, 1.165) is 38.5 Å². The minimum absolute atomic E-state index is 0.0809. The first-order chi connectivity index (χ1) is 23.2. The van der Waals surface area contributed by atoms with Crippen molar-refractivity contribution in [1.29, 1.82) is 0 Å². The molecular weight excluding hydrogens is 636 g/mol. The van der Waals surface area contributed by atoms with Crippen molar-refractivity contribution in [3.05, 3.63) is 24.0 Å². The summed E-state index contributed by atoms with van der Waals surface area (Å²) in [5.74, 6) is -0.810. The van der Waals surface area contributed by atoms with Crippen LogP contribution in [0.4, 0.5) is 0 Å². The third-order valence-corrected chi connectivity index (χ3v) is 11.9. The fourth-order valence-electron chi connectivity index (χ4n) is 8.02. The van der Waals surface area contributed by atoms with Gasteiger partial charge in [0.05, 0.1) is 47.5 Å². The highest BCUT2D eigenvalue weighted by molar-refractivity contribution is 5.91. The maximum Gasteiger partial charge on any atom is 0.303 e. The number of ketones is 1. The third kappa shape index (κ3) is 13.6. The molecule has 5 N–H and O–H groups in total. The number of aliphatic hydroxyl groups is 4. The van der Waals surface area contributed by atoms with Gasteiger partial charge in [0, 0.05) is 36.2 Å². The number of carbonyl (C=O) groups excluding carboxylic acids is 1. The maximum absolute atomic E-state index is 12.8. The number of rotatable bonds is 22. The molecule has 0 aromatic carbocycles. The van der Waals surface area contributed by atoms with Gasteiger partial charge < -0.3 is 35.0 Å². The van der Waals surface area contributed by atoms with Crippen molar-refractivity contribution < 1.29 is 44.6 Å². The van der Waals surface area contributed by atoms with E-state index in [-0.39, 0.29) is 71.6 Å². The van der Waals surface area contributed by atoms with Crippen LogP contribution in [0.1, 0.15) is 140 Å². The van der Waals surface area contributed by atoms with Crippen molar-refractivity contribution in [2.45, 2.75) is 182 Å². The van der Waals surface area contributed by atoms with E-state index in [9.17, 15) is 30.0 Å². The number of allylic oxidation sites excluding steroid dienone is 3. The summed E-state index contributed by atoms with van der Waals surface area (Å²) in [4.78, 5) is 23.7. The maximum atomic E-state index is 12.8. The predicted octanol–water partition coefficient (Wildman–Crippen LogP) is 7.80. The first kappa shape index (κ1) is 44.4. The van der Waals surface area contributed by atoms with Crippen LogP contribution in [-0.2, 0) is 19.1 Å². The molecule has 0 bridgehead atoms. The Morgan fingerprint density at radius 3 is 2.06 bits per heavy atom. The molecule has 0 unspecified atom stereocenters. The molecule has 9 nitrogen and oxygen atoms in total. The van der Waals surface area contributed by atoms with E-state index < -0.39 is 35.5 Å². The molecule has 0 aromatic heterocycles.